The first-order valence-electron chi connectivity index (χ1n) is 6.18. The Labute approximate surface area is 111 Å². The second kappa shape index (κ2) is 4.41. The summed E-state index contributed by atoms with van der Waals surface area (Å²) in [6, 6.07) is 8.11. The molecule has 1 aromatic carbocycles. The molecule has 0 spiro atoms. The normalized spacial score (nSPS) is 18.7. The third kappa shape index (κ3) is 1.74. The molecule has 1 aromatic heterocycles. The number of aryl methyl sites for hydroxylation is 1. The molecule has 1 aliphatic heterocycles. The Kier molecular flexibility index (Phi) is 2.88. The molecule has 3 nitrogen and oxygen atoms in total. The summed E-state index contributed by atoms with van der Waals surface area (Å²) in [7, 11) is 0. The lowest BCUT2D eigenvalue weighted by atomic mass is 10.1. The molecule has 0 saturated carbocycles. The van der Waals surface area contributed by atoms with Crippen molar-refractivity contribution in [3.05, 3.63) is 40.7 Å². The molecule has 1 N–H and O–H groups in total. The summed E-state index contributed by atoms with van der Waals surface area (Å²) in [6.45, 7) is 2.93. The Morgan fingerprint density at radius 3 is 2.94 bits per heavy atom. The number of nitrogens with zero attached hydrogens (tertiary/aromatic N) is 2. The molecule has 0 bridgehead atoms. The summed E-state index contributed by atoms with van der Waals surface area (Å²) in [5, 5.41) is 10.5. The summed E-state index contributed by atoms with van der Waals surface area (Å²) < 4.78 is 2.05. The number of aliphatic hydroxyl groups is 1. The zero-order chi connectivity index (χ0) is 12.7. The molecule has 0 saturated heterocycles. The van der Waals surface area contributed by atoms with Crippen molar-refractivity contribution in [1.29, 1.82) is 0 Å². The van der Waals surface area contributed by atoms with E-state index >= 15 is 0 Å². The van der Waals surface area contributed by atoms with Gasteiger partial charge in [0.2, 0.25) is 0 Å². The molecule has 2 aromatic rings. The number of rotatable bonds is 1. The van der Waals surface area contributed by atoms with Crippen LogP contribution in [-0.4, -0.2) is 14.7 Å². The van der Waals surface area contributed by atoms with Gasteiger partial charge in [-0.3, -0.25) is 0 Å². The Bertz CT molecular complexity index is 591. The smallest absolute Gasteiger partial charge is 0.153 e. The van der Waals surface area contributed by atoms with E-state index in [4.69, 9.17) is 11.6 Å². The lowest BCUT2D eigenvalue weighted by molar-refractivity contribution is 0.139. The van der Waals surface area contributed by atoms with Crippen molar-refractivity contribution in [2.75, 3.05) is 0 Å². The van der Waals surface area contributed by atoms with Crippen molar-refractivity contribution in [2.24, 2.45) is 0 Å². The molecule has 0 fully saturated rings. The van der Waals surface area contributed by atoms with Crippen LogP contribution in [0.4, 0.5) is 0 Å². The van der Waals surface area contributed by atoms with Gasteiger partial charge in [-0.05, 0) is 25.3 Å². The number of fused-ring (bicyclic) bond motifs is 1. The van der Waals surface area contributed by atoms with Gasteiger partial charge in [0, 0.05) is 12.1 Å². The van der Waals surface area contributed by atoms with Gasteiger partial charge in [-0.25, -0.2) is 4.98 Å². The molecule has 0 aliphatic carbocycles. The first kappa shape index (κ1) is 11.8. The Morgan fingerprint density at radius 1 is 1.39 bits per heavy atom. The maximum atomic E-state index is 10.0. The number of hydrogen-bond acceptors (Lipinski definition) is 2. The van der Waals surface area contributed by atoms with Crippen LogP contribution in [0.15, 0.2) is 24.3 Å². The molecular formula is C14H15ClN2O. The second-order valence-electron chi connectivity index (χ2n) is 4.74. The van der Waals surface area contributed by atoms with Gasteiger partial charge in [0.05, 0.1) is 11.8 Å². The zero-order valence-corrected chi connectivity index (χ0v) is 11.0. The van der Waals surface area contributed by atoms with Crippen molar-refractivity contribution in [1.82, 2.24) is 9.55 Å². The molecule has 94 valence electrons. The largest absolute Gasteiger partial charge is 0.387 e. The molecule has 1 unspecified atom stereocenters. The number of aromatic nitrogens is 2. The molecule has 4 heteroatoms. The number of imidazole rings is 1. The fourth-order valence-corrected chi connectivity index (χ4v) is 2.90. The van der Waals surface area contributed by atoms with E-state index < -0.39 is 6.10 Å². The van der Waals surface area contributed by atoms with Crippen LogP contribution in [0, 0.1) is 6.92 Å². The van der Waals surface area contributed by atoms with Crippen LogP contribution in [0.2, 0.25) is 5.15 Å². The topological polar surface area (TPSA) is 38.0 Å². The van der Waals surface area contributed by atoms with Crippen molar-refractivity contribution >= 4 is 11.6 Å². The van der Waals surface area contributed by atoms with Crippen LogP contribution in [0.25, 0.3) is 11.4 Å². The van der Waals surface area contributed by atoms with Crippen LogP contribution in [0.5, 0.6) is 0 Å². The maximum absolute atomic E-state index is 10.0. The third-order valence-corrected chi connectivity index (χ3v) is 3.80. The van der Waals surface area contributed by atoms with Gasteiger partial charge >= 0.3 is 0 Å². The summed E-state index contributed by atoms with van der Waals surface area (Å²) in [5.41, 5.74) is 3.02. The lowest BCUT2D eigenvalue weighted by Crippen LogP contribution is -2.16. The van der Waals surface area contributed by atoms with E-state index in [1.54, 1.807) is 0 Å². The summed E-state index contributed by atoms with van der Waals surface area (Å²) >= 11 is 6.17. The molecular weight excluding hydrogens is 248 g/mol. The quantitative estimate of drug-likeness (QED) is 0.856. The highest BCUT2D eigenvalue weighted by atomic mass is 35.5. The molecule has 18 heavy (non-hydrogen) atoms. The van der Waals surface area contributed by atoms with E-state index in [1.807, 2.05) is 18.2 Å². The lowest BCUT2D eigenvalue weighted by Gasteiger charge is -2.21. The number of hydrogen-bond donors (Lipinski definition) is 1. The highest BCUT2D eigenvalue weighted by Crippen LogP contribution is 2.35. The van der Waals surface area contributed by atoms with Gasteiger partial charge in [0.1, 0.15) is 5.82 Å². The summed E-state index contributed by atoms with van der Waals surface area (Å²) in [6.07, 6.45) is 1.23. The van der Waals surface area contributed by atoms with E-state index in [9.17, 15) is 5.11 Å². The average molecular weight is 263 g/mol. The standard InChI is InChI=1S/C14H15ClN2O/c1-9-5-2-3-6-10(9)14-16-13(15)12-11(18)7-4-8-17(12)14/h2-3,5-6,11,18H,4,7-8H2,1H3. The van der Waals surface area contributed by atoms with Crippen LogP contribution >= 0.6 is 11.6 Å². The summed E-state index contributed by atoms with van der Waals surface area (Å²) in [4.78, 5) is 4.44. The van der Waals surface area contributed by atoms with Crippen LogP contribution in [-0.2, 0) is 6.54 Å². The predicted molar refractivity (Wildman–Crippen MR) is 71.6 cm³/mol. The first-order valence-corrected chi connectivity index (χ1v) is 6.56. The van der Waals surface area contributed by atoms with Gasteiger partial charge in [-0.15, -0.1) is 0 Å². The highest BCUT2D eigenvalue weighted by Gasteiger charge is 2.26. The molecule has 1 aliphatic rings. The molecule has 0 amide bonds. The van der Waals surface area contributed by atoms with Crippen LogP contribution in [0.1, 0.15) is 30.2 Å². The van der Waals surface area contributed by atoms with Gasteiger partial charge in [-0.2, -0.15) is 0 Å². The Morgan fingerprint density at radius 2 is 2.17 bits per heavy atom. The van der Waals surface area contributed by atoms with Crippen LogP contribution < -0.4 is 0 Å². The van der Waals surface area contributed by atoms with Crippen molar-refractivity contribution in [3.63, 3.8) is 0 Å². The van der Waals surface area contributed by atoms with Gasteiger partial charge in [0.25, 0.3) is 0 Å². The van der Waals surface area contributed by atoms with E-state index in [1.165, 1.54) is 5.56 Å². The minimum Gasteiger partial charge on any atom is -0.387 e. The molecule has 1 atom stereocenters. The fourth-order valence-electron chi connectivity index (χ4n) is 2.59. The zero-order valence-electron chi connectivity index (χ0n) is 10.2. The average Bonchev–Trinajstić information content (AvgIpc) is 2.69. The highest BCUT2D eigenvalue weighted by molar-refractivity contribution is 6.30. The van der Waals surface area contributed by atoms with E-state index in [0.717, 1.165) is 36.5 Å². The SMILES string of the molecule is Cc1ccccc1-c1nc(Cl)c2n1CCCC2O. The summed E-state index contributed by atoms with van der Waals surface area (Å²) in [5.74, 6) is 0.867. The van der Waals surface area contributed by atoms with Crippen LogP contribution in [0.3, 0.4) is 0 Å². The predicted octanol–water partition coefficient (Wildman–Crippen LogP) is 3.34. The minimum atomic E-state index is -0.489. The third-order valence-electron chi connectivity index (χ3n) is 3.52. The minimum absolute atomic E-state index is 0.431. The number of aliphatic hydroxyl groups excluding tert-OH is 1. The number of halogens is 1. The van der Waals surface area contributed by atoms with Crippen molar-refractivity contribution < 1.29 is 5.11 Å². The Hall–Kier alpha value is -1.32. The monoisotopic (exact) mass is 262 g/mol. The Balaban J connectivity index is 2.20. The van der Waals surface area contributed by atoms with Crippen molar-refractivity contribution in [3.8, 4) is 11.4 Å². The molecule has 0 radical (unpaired) electrons. The van der Waals surface area contributed by atoms with E-state index in [2.05, 4.69) is 22.5 Å². The van der Waals surface area contributed by atoms with Gasteiger partial charge in [-0.1, -0.05) is 35.9 Å². The fraction of sp³-hybridized carbons (Fsp3) is 0.357. The second-order valence-corrected chi connectivity index (χ2v) is 5.09. The van der Waals surface area contributed by atoms with Gasteiger partial charge < -0.3 is 9.67 Å². The first-order chi connectivity index (χ1) is 8.68. The van der Waals surface area contributed by atoms with Crippen molar-refractivity contribution in [2.45, 2.75) is 32.4 Å². The van der Waals surface area contributed by atoms with E-state index in [0.29, 0.717) is 5.15 Å². The maximum Gasteiger partial charge on any atom is 0.153 e. The molecule has 2 heterocycles. The van der Waals surface area contributed by atoms with E-state index in [-0.39, 0.29) is 0 Å². The molecule has 3 rings (SSSR count). The van der Waals surface area contributed by atoms with Gasteiger partial charge in [0.15, 0.2) is 5.15 Å². The number of benzene rings is 1.